The highest BCUT2D eigenvalue weighted by Gasteiger charge is 2.27. The van der Waals surface area contributed by atoms with E-state index in [1.807, 2.05) is 12.2 Å². The van der Waals surface area contributed by atoms with Crippen LogP contribution in [0.5, 0.6) is 0 Å². The van der Waals surface area contributed by atoms with E-state index in [2.05, 4.69) is 9.73 Å². The van der Waals surface area contributed by atoms with Crippen LogP contribution in [-0.2, 0) is 9.53 Å². The number of ether oxygens (including phenoxy) is 1. The maximum atomic E-state index is 11.2. The van der Waals surface area contributed by atoms with Crippen molar-refractivity contribution in [1.29, 1.82) is 0 Å². The molecule has 0 unspecified atom stereocenters. The molecule has 0 aliphatic rings. The number of esters is 1. The second kappa shape index (κ2) is 11.3. The third-order valence-electron chi connectivity index (χ3n) is 2.09. The summed E-state index contributed by atoms with van der Waals surface area (Å²) in [6, 6.07) is 0. The predicted octanol–water partition coefficient (Wildman–Crippen LogP) is 1.43. The number of nitrogens with zero attached hydrogens (tertiary/aromatic N) is 1. The van der Waals surface area contributed by atoms with Gasteiger partial charge in [-0.2, -0.15) is 0 Å². The molecule has 0 amide bonds. The Morgan fingerprint density at radius 3 is 2.39 bits per heavy atom. The van der Waals surface area contributed by atoms with Crippen LogP contribution in [0, 0.1) is 0 Å². The van der Waals surface area contributed by atoms with Crippen LogP contribution in [0.2, 0.25) is 0 Å². The molecule has 0 aliphatic heterocycles. The molecule has 0 aromatic heterocycles. The van der Waals surface area contributed by atoms with Crippen LogP contribution in [0.15, 0.2) is 17.1 Å². The summed E-state index contributed by atoms with van der Waals surface area (Å²) >= 11 is 0. The van der Waals surface area contributed by atoms with Crippen LogP contribution < -0.4 is 11.5 Å². The van der Waals surface area contributed by atoms with Crippen molar-refractivity contribution in [3.05, 3.63) is 12.2 Å². The number of methoxy groups -OCH3 is 1. The van der Waals surface area contributed by atoms with Crippen molar-refractivity contribution >= 4 is 36.6 Å². The van der Waals surface area contributed by atoms with Gasteiger partial charge in [-0.05, 0) is 26.7 Å². The van der Waals surface area contributed by atoms with E-state index < -0.39 is 11.5 Å². The van der Waals surface area contributed by atoms with E-state index in [1.165, 1.54) is 7.11 Å². The molecule has 5 nitrogen and oxygen atoms in total. The largest absolute Gasteiger partial charge is 0.468 e. The van der Waals surface area contributed by atoms with Crippen LogP contribution in [0.3, 0.4) is 0 Å². The van der Waals surface area contributed by atoms with E-state index in [0.29, 0.717) is 25.2 Å². The monoisotopic (exact) mass is 299 g/mol. The minimum Gasteiger partial charge on any atom is -0.468 e. The van der Waals surface area contributed by atoms with Gasteiger partial charge in [0, 0.05) is 0 Å². The number of allylic oxidation sites excluding steroid dienone is 1. The first-order chi connectivity index (χ1) is 7.40. The molecular weight excluding hydrogens is 277 g/mol. The zero-order valence-electron chi connectivity index (χ0n) is 11.0. The fourth-order valence-electron chi connectivity index (χ4n) is 1.11. The Morgan fingerprint density at radius 2 is 1.94 bits per heavy atom. The maximum Gasteiger partial charge on any atom is 0.325 e. The van der Waals surface area contributed by atoms with Gasteiger partial charge in [0.05, 0.1) is 19.5 Å². The number of carbonyl (C=O) groups is 1. The molecule has 0 aromatic carbocycles. The molecule has 1 atom stereocenters. The summed E-state index contributed by atoms with van der Waals surface area (Å²) in [4.78, 5) is 15.2. The predicted molar refractivity (Wildman–Crippen MR) is 79.6 cm³/mol. The lowest BCUT2D eigenvalue weighted by Crippen LogP contribution is -2.45. The first-order valence-corrected chi connectivity index (χ1v) is 5.19. The number of carbonyl (C=O) groups excluding carboxylic acids is 1. The molecular formula is C11H23Cl2N3O2. The van der Waals surface area contributed by atoms with E-state index in [4.69, 9.17) is 11.5 Å². The second-order valence-electron chi connectivity index (χ2n) is 3.90. The molecule has 0 saturated heterocycles. The molecule has 4 N–H and O–H groups in total. The quantitative estimate of drug-likeness (QED) is 0.336. The van der Waals surface area contributed by atoms with Crippen LogP contribution in [0.1, 0.15) is 26.7 Å². The van der Waals surface area contributed by atoms with E-state index in [-0.39, 0.29) is 24.8 Å². The summed E-state index contributed by atoms with van der Waals surface area (Å²) < 4.78 is 4.60. The highest BCUT2D eigenvalue weighted by Crippen LogP contribution is 2.10. The third-order valence-corrected chi connectivity index (χ3v) is 2.09. The van der Waals surface area contributed by atoms with Gasteiger partial charge in [-0.1, -0.05) is 12.2 Å². The van der Waals surface area contributed by atoms with Gasteiger partial charge in [0.1, 0.15) is 5.54 Å². The zero-order chi connectivity index (χ0) is 12.6. The van der Waals surface area contributed by atoms with Crippen LogP contribution in [0.25, 0.3) is 0 Å². The summed E-state index contributed by atoms with van der Waals surface area (Å²) in [6.07, 6.45) is 5.08. The van der Waals surface area contributed by atoms with E-state index in [1.54, 1.807) is 13.8 Å². The minimum atomic E-state index is -0.924. The highest BCUT2D eigenvalue weighted by atomic mass is 35.5. The molecule has 0 aliphatic carbocycles. The van der Waals surface area contributed by atoms with Crippen molar-refractivity contribution in [2.45, 2.75) is 32.2 Å². The number of nitrogens with two attached hydrogens (primary N) is 2. The molecule has 0 heterocycles. The number of hydrogen-bond acceptors (Lipinski definition) is 4. The van der Waals surface area contributed by atoms with Crippen molar-refractivity contribution in [2.24, 2.45) is 16.5 Å². The Hall–Kier alpha value is -0.780. The zero-order valence-corrected chi connectivity index (χ0v) is 12.6. The lowest BCUT2D eigenvalue weighted by atomic mass is 9.97. The Bertz CT molecular complexity index is 288. The first kappa shape index (κ1) is 22.4. The van der Waals surface area contributed by atoms with Crippen molar-refractivity contribution < 1.29 is 9.53 Å². The van der Waals surface area contributed by atoms with Gasteiger partial charge in [-0.15, -0.1) is 24.8 Å². The third kappa shape index (κ3) is 10.4. The molecule has 0 bridgehead atoms. The number of hydrogen-bond donors (Lipinski definition) is 2. The van der Waals surface area contributed by atoms with Gasteiger partial charge in [0.15, 0.2) is 0 Å². The molecule has 7 heteroatoms. The summed E-state index contributed by atoms with van der Waals surface area (Å²) in [5, 5.41) is 0. The van der Waals surface area contributed by atoms with E-state index in [9.17, 15) is 4.79 Å². The lowest BCUT2D eigenvalue weighted by Gasteiger charge is -2.20. The number of amidine groups is 1. The SMILES string of the molecule is COC(=O)[C@](C)(N)CC/C=C\CN=C(C)N.Cl.Cl. The van der Waals surface area contributed by atoms with Crippen LogP contribution in [0.4, 0.5) is 0 Å². The van der Waals surface area contributed by atoms with Gasteiger partial charge in [0.25, 0.3) is 0 Å². The Labute approximate surface area is 121 Å². The highest BCUT2D eigenvalue weighted by molar-refractivity contribution is 5.85. The lowest BCUT2D eigenvalue weighted by molar-refractivity contribution is -0.146. The second-order valence-corrected chi connectivity index (χ2v) is 3.90. The van der Waals surface area contributed by atoms with Gasteiger partial charge < -0.3 is 16.2 Å². The fraction of sp³-hybridized carbons (Fsp3) is 0.636. The molecule has 0 radical (unpaired) electrons. The normalized spacial score (nSPS) is 14.3. The Kier molecular flexibility index (Phi) is 14.1. The number of rotatable bonds is 6. The van der Waals surface area contributed by atoms with Crippen molar-refractivity contribution in [2.75, 3.05) is 13.7 Å². The Balaban J connectivity index is -0.00000112. The van der Waals surface area contributed by atoms with Gasteiger partial charge in [0.2, 0.25) is 0 Å². The summed E-state index contributed by atoms with van der Waals surface area (Å²) in [5.74, 6) is 0.166. The Morgan fingerprint density at radius 1 is 1.39 bits per heavy atom. The van der Waals surface area contributed by atoms with E-state index >= 15 is 0 Å². The molecule has 0 saturated carbocycles. The number of halogens is 2. The summed E-state index contributed by atoms with van der Waals surface area (Å²) in [5.41, 5.74) is 10.2. The smallest absolute Gasteiger partial charge is 0.325 e. The molecule has 0 fully saturated rings. The van der Waals surface area contributed by atoms with Crippen molar-refractivity contribution in [1.82, 2.24) is 0 Å². The average molecular weight is 300 g/mol. The van der Waals surface area contributed by atoms with Crippen molar-refractivity contribution in [3.8, 4) is 0 Å². The average Bonchev–Trinajstić information content (AvgIpc) is 2.21. The molecule has 0 rings (SSSR count). The first-order valence-electron chi connectivity index (χ1n) is 5.19. The molecule has 0 aromatic rings. The minimum absolute atomic E-state index is 0. The summed E-state index contributed by atoms with van der Waals surface area (Å²) in [6.45, 7) is 3.96. The molecule has 0 spiro atoms. The molecule has 108 valence electrons. The van der Waals surface area contributed by atoms with Crippen molar-refractivity contribution in [3.63, 3.8) is 0 Å². The fourth-order valence-corrected chi connectivity index (χ4v) is 1.11. The molecule has 18 heavy (non-hydrogen) atoms. The summed E-state index contributed by atoms with van der Waals surface area (Å²) in [7, 11) is 1.34. The maximum absolute atomic E-state index is 11.2. The van der Waals surface area contributed by atoms with Gasteiger partial charge in [-0.25, -0.2) is 0 Å². The topological polar surface area (TPSA) is 90.7 Å². The van der Waals surface area contributed by atoms with Crippen LogP contribution in [-0.4, -0.2) is 31.0 Å². The standard InChI is InChI=1S/C11H21N3O2.2ClH/c1-9(12)14-8-6-4-5-7-11(2,13)10(15)16-3;;/h4,6H,5,7-8,13H2,1-3H3,(H2,12,14);2*1H/b6-4-;;/t11-;;/m1../s1. The van der Waals surface area contributed by atoms with Gasteiger partial charge >= 0.3 is 5.97 Å². The number of aliphatic imine (C=N–C) groups is 1. The van der Waals surface area contributed by atoms with E-state index in [0.717, 1.165) is 0 Å². The van der Waals surface area contributed by atoms with Gasteiger partial charge in [-0.3, -0.25) is 9.79 Å². The van der Waals surface area contributed by atoms with Crippen LogP contribution >= 0.6 is 24.8 Å².